The van der Waals surface area contributed by atoms with E-state index in [1.54, 1.807) is 29.6 Å². The van der Waals surface area contributed by atoms with E-state index in [2.05, 4.69) is 9.44 Å². The van der Waals surface area contributed by atoms with Crippen LogP contribution >= 0.6 is 22.9 Å². The topological polar surface area (TPSA) is 102 Å². The average Bonchev–Trinajstić information content (AvgIpc) is 3.19. The van der Waals surface area contributed by atoms with Crippen LogP contribution < -0.4 is 14.2 Å². The number of hydrogen-bond donors (Lipinski definition) is 2. The number of para-hydroxylation sites is 1. The summed E-state index contributed by atoms with van der Waals surface area (Å²) in [7, 11) is -6.54. The Morgan fingerprint density at radius 2 is 1.61 bits per heavy atom. The van der Waals surface area contributed by atoms with E-state index >= 15 is 0 Å². The largest absolute Gasteiger partial charge is 0.495 e. The van der Waals surface area contributed by atoms with Gasteiger partial charge in [-0.25, -0.2) is 16.8 Å². The average molecular weight is 459 g/mol. The molecule has 0 saturated carbocycles. The molecule has 0 aliphatic heterocycles. The Hall–Kier alpha value is -2.27. The van der Waals surface area contributed by atoms with Crippen molar-refractivity contribution < 1.29 is 21.6 Å². The monoisotopic (exact) mass is 458 g/mol. The molecule has 0 unspecified atom stereocenters. The molecule has 148 valence electrons. The maximum atomic E-state index is 12.7. The van der Waals surface area contributed by atoms with Gasteiger partial charge in [0.1, 0.15) is 9.96 Å². The minimum absolute atomic E-state index is 0.00191. The molecule has 0 atom stereocenters. The van der Waals surface area contributed by atoms with Gasteiger partial charge in [0.25, 0.3) is 20.0 Å². The second-order valence-corrected chi connectivity index (χ2v) is 10.4. The Morgan fingerprint density at radius 1 is 0.893 bits per heavy atom. The Bertz CT molecular complexity index is 1190. The lowest BCUT2D eigenvalue weighted by atomic mass is 10.3. The van der Waals surface area contributed by atoms with Crippen molar-refractivity contribution in [2.75, 3.05) is 16.6 Å². The lowest BCUT2D eigenvalue weighted by Gasteiger charge is -2.14. The van der Waals surface area contributed by atoms with Crippen molar-refractivity contribution in [3.63, 3.8) is 0 Å². The molecule has 0 spiro atoms. The predicted octanol–water partition coefficient (Wildman–Crippen LogP) is 4.01. The van der Waals surface area contributed by atoms with Gasteiger partial charge >= 0.3 is 0 Å². The van der Waals surface area contributed by atoms with Gasteiger partial charge in [0.05, 0.1) is 28.4 Å². The van der Waals surface area contributed by atoms with E-state index in [1.165, 1.54) is 37.4 Å². The Morgan fingerprint density at radius 3 is 2.25 bits per heavy atom. The fraction of sp³-hybridized carbons (Fsp3) is 0.0588. The minimum Gasteiger partial charge on any atom is -0.495 e. The standard InChI is InChI=1S/C17H15ClN2O5S3/c1-25-16-9-8-12(27(21,22)19-14-6-3-2-5-13(14)18)11-15(16)20-28(23,24)17-7-4-10-26-17/h2-11,19-20H,1H3. The molecule has 0 aliphatic rings. The molecule has 0 bridgehead atoms. The third kappa shape index (κ3) is 4.41. The van der Waals surface area contributed by atoms with Crippen molar-refractivity contribution in [1.82, 2.24) is 0 Å². The van der Waals surface area contributed by atoms with Crippen LogP contribution in [0.3, 0.4) is 0 Å². The van der Waals surface area contributed by atoms with Gasteiger partial charge in [0, 0.05) is 0 Å². The van der Waals surface area contributed by atoms with Gasteiger partial charge in [0.2, 0.25) is 0 Å². The molecule has 7 nitrogen and oxygen atoms in total. The van der Waals surface area contributed by atoms with E-state index < -0.39 is 20.0 Å². The van der Waals surface area contributed by atoms with E-state index in [0.29, 0.717) is 0 Å². The highest BCUT2D eigenvalue weighted by molar-refractivity contribution is 7.94. The van der Waals surface area contributed by atoms with Crippen LogP contribution in [0.1, 0.15) is 0 Å². The lowest BCUT2D eigenvalue weighted by Crippen LogP contribution is -2.15. The summed E-state index contributed by atoms with van der Waals surface area (Å²) in [5, 5.41) is 1.86. The summed E-state index contributed by atoms with van der Waals surface area (Å²) in [6, 6.07) is 13.3. The first-order valence-corrected chi connectivity index (χ1v) is 12.0. The van der Waals surface area contributed by atoms with Crippen molar-refractivity contribution in [2.45, 2.75) is 9.10 Å². The number of rotatable bonds is 7. The van der Waals surface area contributed by atoms with Crippen LogP contribution in [-0.2, 0) is 20.0 Å². The second kappa shape index (κ2) is 8.00. The third-order valence-electron chi connectivity index (χ3n) is 3.60. The minimum atomic E-state index is -4.01. The van der Waals surface area contributed by atoms with Crippen molar-refractivity contribution in [3.8, 4) is 5.75 Å². The van der Waals surface area contributed by atoms with E-state index in [4.69, 9.17) is 16.3 Å². The van der Waals surface area contributed by atoms with Gasteiger partial charge in [-0.05, 0) is 41.8 Å². The fourth-order valence-corrected chi connectivity index (χ4v) is 5.69. The van der Waals surface area contributed by atoms with Gasteiger partial charge < -0.3 is 4.74 Å². The molecule has 2 aromatic carbocycles. The van der Waals surface area contributed by atoms with Crippen LogP contribution in [0.2, 0.25) is 5.02 Å². The Labute approximate surface area is 172 Å². The van der Waals surface area contributed by atoms with E-state index in [1.807, 2.05) is 0 Å². The van der Waals surface area contributed by atoms with Gasteiger partial charge in [-0.1, -0.05) is 29.8 Å². The van der Waals surface area contributed by atoms with E-state index in [9.17, 15) is 16.8 Å². The number of thiophene rings is 1. The summed E-state index contributed by atoms with van der Waals surface area (Å²) < 4.78 is 60.4. The summed E-state index contributed by atoms with van der Waals surface area (Å²) in [5.41, 5.74) is 0.207. The predicted molar refractivity (Wildman–Crippen MR) is 110 cm³/mol. The number of hydrogen-bond acceptors (Lipinski definition) is 6. The smallest absolute Gasteiger partial charge is 0.271 e. The molecule has 0 amide bonds. The first kappa shape index (κ1) is 20.5. The van der Waals surface area contributed by atoms with Crippen molar-refractivity contribution in [2.24, 2.45) is 0 Å². The van der Waals surface area contributed by atoms with Crippen LogP contribution in [0.25, 0.3) is 0 Å². The summed E-state index contributed by atoms with van der Waals surface area (Å²) in [4.78, 5) is -0.155. The zero-order valence-corrected chi connectivity index (χ0v) is 17.6. The summed E-state index contributed by atoms with van der Waals surface area (Å²) in [6.07, 6.45) is 0. The van der Waals surface area contributed by atoms with Gasteiger partial charge in [-0.3, -0.25) is 9.44 Å². The lowest BCUT2D eigenvalue weighted by molar-refractivity contribution is 0.416. The summed E-state index contributed by atoms with van der Waals surface area (Å²) in [5.74, 6) is 0.178. The van der Waals surface area contributed by atoms with Crippen LogP contribution in [-0.4, -0.2) is 23.9 Å². The highest BCUT2D eigenvalue weighted by Gasteiger charge is 2.21. The van der Waals surface area contributed by atoms with Crippen molar-refractivity contribution >= 4 is 54.4 Å². The summed E-state index contributed by atoms with van der Waals surface area (Å²) >= 11 is 7.04. The first-order valence-electron chi connectivity index (χ1n) is 7.75. The van der Waals surface area contributed by atoms with Gasteiger partial charge in [-0.15, -0.1) is 11.3 Å². The maximum Gasteiger partial charge on any atom is 0.271 e. The molecule has 1 aromatic heterocycles. The maximum absolute atomic E-state index is 12.7. The quantitative estimate of drug-likeness (QED) is 0.557. The van der Waals surface area contributed by atoms with Crippen LogP contribution in [0.5, 0.6) is 5.75 Å². The van der Waals surface area contributed by atoms with Crippen LogP contribution in [0.15, 0.2) is 69.1 Å². The third-order valence-corrected chi connectivity index (χ3v) is 8.06. The molecule has 3 rings (SSSR count). The van der Waals surface area contributed by atoms with Gasteiger partial charge in [0.15, 0.2) is 0 Å². The molecule has 1 heterocycles. The van der Waals surface area contributed by atoms with Crippen LogP contribution in [0, 0.1) is 0 Å². The molecule has 0 saturated heterocycles. The molecule has 3 aromatic rings. The van der Waals surface area contributed by atoms with Crippen LogP contribution in [0.4, 0.5) is 11.4 Å². The zero-order valence-electron chi connectivity index (χ0n) is 14.4. The molecule has 28 heavy (non-hydrogen) atoms. The summed E-state index contributed by atoms with van der Waals surface area (Å²) in [6.45, 7) is 0. The van der Waals surface area contributed by atoms with Crippen molar-refractivity contribution in [3.05, 3.63) is 65.0 Å². The number of anilines is 2. The van der Waals surface area contributed by atoms with Gasteiger partial charge in [-0.2, -0.15) is 0 Å². The Kier molecular flexibility index (Phi) is 5.84. The van der Waals surface area contributed by atoms with Crippen molar-refractivity contribution in [1.29, 1.82) is 0 Å². The Balaban J connectivity index is 1.98. The number of ether oxygens (including phenoxy) is 1. The highest BCUT2D eigenvalue weighted by atomic mass is 35.5. The number of methoxy groups -OCH3 is 1. The SMILES string of the molecule is COc1ccc(S(=O)(=O)Nc2ccccc2Cl)cc1NS(=O)(=O)c1cccs1. The highest BCUT2D eigenvalue weighted by Crippen LogP contribution is 2.32. The number of sulfonamides is 2. The second-order valence-electron chi connectivity index (χ2n) is 5.49. The fourth-order valence-electron chi connectivity index (χ4n) is 2.29. The molecular formula is C17H15ClN2O5S3. The normalized spacial score (nSPS) is 11.8. The zero-order chi connectivity index (χ0) is 20.4. The first-order chi connectivity index (χ1) is 13.2. The number of halogens is 1. The number of benzene rings is 2. The molecule has 2 N–H and O–H groups in total. The molecule has 11 heteroatoms. The molecule has 0 radical (unpaired) electrons. The number of nitrogens with one attached hydrogen (secondary N) is 2. The van der Waals surface area contributed by atoms with E-state index in [0.717, 1.165) is 11.3 Å². The van der Waals surface area contributed by atoms with E-state index in [-0.39, 0.29) is 31.3 Å². The molecular weight excluding hydrogens is 444 g/mol. The molecule has 0 fully saturated rings. The molecule has 0 aliphatic carbocycles.